The number of ether oxygens (including phenoxy) is 1. The van der Waals surface area contributed by atoms with Gasteiger partial charge < -0.3 is 15.4 Å². The predicted octanol–water partition coefficient (Wildman–Crippen LogP) is 7.33. The molecule has 0 saturated heterocycles. The molecule has 0 bridgehead atoms. The van der Waals surface area contributed by atoms with Crippen molar-refractivity contribution in [1.29, 1.82) is 0 Å². The van der Waals surface area contributed by atoms with Gasteiger partial charge in [-0.05, 0) is 63.2 Å². The summed E-state index contributed by atoms with van der Waals surface area (Å²) in [6.45, 7) is 4.46. The molecule has 2 N–H and O–H groups in total. The highest BCUT2D eigenvalue weighted by atomic mass is 35.5. The second-order valence-corrected chi connectivity index (χ2v) is 12.6. The van der Waals surface area contributed by atoms with Gasteiger partial charge in [-0.2, -0.15) is 0 Å². The number of urea groups is 1. The second-order valence-electron chi connectivity index (χ2n) is 9.83. The fraction of sp³-hybridized carbons (Fsp3) is 0.172. The molecule has 0 saturated carbocycles. The van der Waals surface area contributed by atoms with Crippen LogP contribution in [0.15, 0.2) is 89.8 Å². The number of sulfonamides is 1. The van der Waals surface area contributed by atoms with Crippen molar-refractivity contribution in [3.05, 3.63) is 95.0 Å². The molecule has 4 rings (SSSR count). The molecule has 0 aliphatic carbocycles. The number of amides is 2. The lowest BCUT2D eigenvalue weighted by atomic mass is 10.1. The molecule has 0 spiro atoms. The van der Waals surface area contributed by atoms with E-state index in [-0.39, 0.29) is 20.6 Å². The summed E-state index contributed by atoms with van der Waals surface area (Å²) >= 11 is 12.2. The first-order valence-corrected chi connectivity index (χ1v) is 14.4. The van der Waals surface area contributed by atoms with Crippen LogP contribution in [0.25, 0.3) is 10.8 Å². The first-order valence-electron chi connectivity index (χ1n) is 12.2. The number of hydrogen-bond acceptors (Lipinski definition) is 5. The number of rotatable bonds is 7. The zero-order valence-corrected chi connectivity index (χ0v) is 24.3. The minimum atomic E-state index is -4.35. The number of esters is 1. The van der Waals surface area contributed by atoms with Crippen molar-refractivity contribution in [3.8, 4) is 0 Å². The summed E-state index contributed by atoms with van der Waals surface area (Å²) in [6.07, 6.45) is 0. The van der Waals surface area contributed by atoms with Gasteiger partial charge in [0.1, 0.15) is 12.1 Å². The molecule has 208 valence electrons. The molecule has 0 aliphatic heterocycles. The summed E-state index contributed by atoms with van der Waals surface area (Å²) in [7, 11) is -4.35. The highest BCUT2D eigenvalue weighted by Gasteiger charge is 2.31. The number of nitrogens with one attached hydrogen (secondary N) is 2. The number of carbonyl (C=O) groups is 2. The first kappa shape index (κ1) is 29.2. The molecule has 0 heterocycles. The van der Waals surface area contributed by atoms with Crippen molar-refractivity contribution in [3.63, 3.8) is 0 Å². The molecule has 0 radical (unpaired) electrons. The predicted molar refractivity (Wildman–Crippen MR) is 160 cm³/mol. The largest absolute Gasteiger partial charge is 0.459 e. The number of benzene rings is 4. The van der Waals surface area contributed by atoms with Gasteiger partial charge in [-0.25, -0.2) is 13.2 Å². The summed E-state index contributed by atoms with van der Waals surface area (Å²) in [5.41, 5.74) is 0.406. The lowest BCUT2D eigenvalue weighted by Crippen LogP contribution is -2.39. The van der Waals surface area contributed by atoms with Gasteiger partial charge in [-0.1, -0.05) is 65.7 Å². The maximum absolute atomic E-state index is 14.0. The van der Waals surface area contributed by atoms with E-state index in [0.29, 0.717) is 22.1 Å². The van der Waals surface area contributed by atoms with E-state index in [0.717, 1.165) is 4.31 Å². The van der Waals surface area contributed by atoms with E-state index in [1.807, 2.05) is 6.07 Å². The third kappa shape index (κ3) is 7.04. The quantitative estimate of drug-likeness (QED) is 0.216. The number of nitrogens with zero attached hydrogens (tertiary/aromatic N) is 1. The molecule has 0 atom stereocenters. The van der Waals surface area contributed by atoms with Crippen molar-refractivity contribution in [1.82, 2.24) is 0 Å². The molecule has 0 aliphatic rings. The summed E-state index contributed by atoms with van der Waals surface area (Å²) in [6, 6.07) is 22.4. The van der Waals surface area contributed by atoms with E-state index in [9.17, 15) is 18.0 Å². The maximum atomic E-state index is 14.0. The lowest BCUT2D eigenvalue weighted by Gasteiger charge is -2.27. The molecule has 0 aromatic heterocycles. The van der Waals surface area contributed by atoms with E-state index in [4.69, 9.17) is 27.9 Å². The molecule has 4 aromatic rings. The third-order valence-corrected chi connectivity index (χ3v) is 7.74. The standard InChI is InChI=1S/C29H27Cl2N3O5S/c1-29(2,3)39-27(35)18-34(40(37,38)22-16-19(30)15-20(31)17-22)26-14-8-11-23-24(26)12-7-13-25(23)33-28(36)32-21-9-5-4-6-10-21/h4-17H,18H2,1-3H3,(H2,32,33,36). The monoisotopic (exact) mass is 599 g/mol. The van der Waals surface area contributed by atoms with Crippen LogP contribution in [0.2, 0.25) is 10.0 Å². The molecule has 0 unspecified atom stereocenters. The molecule has 40 heavy (non-hydrogen) atoms. The zero-order valence-electron chi connectivity index (χ0n) is 21.9. The average molecular weight is 601 g/mol. The number of carbonyl (C=O) groups excluding carboxylic acids is 2. The smallest absolute Gasteiger partial charge is 0.327 e. The summed E-state index contributed by atoms with van der Waals surface area (Å²) in [4.78, 5) is 25.5. The normalized spacial score (nSPS) is 11.6. The SMILES string of the molecule is CC(C)(C)OC(=O)CN(c1cccc2c(NC(=O)Nc3ccccc3)cccc12)S(=O)(=O)c1cc(Cl)cc(Cl)c1. The Balaban J connectivity index is 1.79. The van der Waals surface area contributed by atoms with Crippen molar-refractivity contribution < 1.29 is 22.7 Å². The van der Waals surface area contributed by atoms with Gasteiger partial charge in [-0.15, -0.1) is 0 Å². The molecule has 11 heteroatoms. The van der Waals surface area contributed by atoms with E-state index in [1.54, 1.807) is 81.4 Å². The molecule has 8 nitrogen and oxygen atoms in total. The van der Waals surface area contributed by atoms with Crippen molar-refractivity contribution in [2.75, 3.05) is 21.5 Å². The van der Waals surface area contributed by atoms with Crippen LogP contribution in [-0.2, 0) is 19.6 Å². The summed E-state index contributed by atoms with van der Waals surface area (Å²) < 4.78 is 34.3. The fourth-order valence-corrected chi connectivity index (χ4v) is 6.18. The Morgan fingerprint density at radius 1 is 0.825 bits per heavy atom. The number of para-hydroxylation sites is 1. The number of hydrogen-bond donors (Lipinski definition) is 2. The maximum Gasteiger partial charge on any atom is 0.327 e. The minimum absolute atomic E-state index is 0.122. The summed E-state index contributed by atoms with van der Waals surface area (Å²) in [5, 5.41) is 6.84. The highest BCUT2D eigenvalue weighted by molar-refractivity contribution is 7.93. The van der Waals surface area contributed by atoms with Crippen molar-refractivity contribution in [2.45, 2.75) is 31.3 Å². The van der Waals surface area contributed by atoms with E-state index >= 15 is 0 Å². The zero-order chi connectivity index (χ0) is 29.1. The first-order chi connectivity index (χ1) is 18.8. The van der Waals surface area contributed by atoms with Gasteiger partial charge in [0.2, 0.25) is 0 Å². The van der Waals surface area contributed by atoms with Crippen LogP contribution >= 0.6 is 23.2 Å². The summed E-state index contributed by atoms with van der Waals surface area (Å²) in [5.74, 6) is -0.752. The van der Waals surface area contributed by atoms with E-state index < -0.39 is 34.2 Å². The lowest BCUT2D eigenvalue weighted by molar-refractivity contribution is -0.152. The van der Waals surface area contributed by atoms with Crippen molar-refractivity contribution >= 4 is 73.1 Å². The number of halogens is 2. The van der Waals surface area contributed by atoms with Crippen LogP contribution in [0.3, 0.4) is 0 Å². The van der Waals surface area contributed by atoms with Crippen LogP contribution in [0.4, 0.5) is 21.9 Å². The molecular weight excluding hydrogens is 573 g/mol. The Morgan fingerprint density at radius 2 is 1.45 bits per heavy atom. The van der Waals surface area contributed by atoms with Crippen LogP contribution in [-0.4, -0.2) is 32.6 Å². The van der Waals surface area contributed by atoms with Gasteiger partial charge in [0.25, 0.3) is 10.0 Å². The topological polar surface area (TPSA) is 105 Å². The minimum Gasteiger partial charge on any atom is -0.459 e. The van der Waals surface area contributed by atoms with Crippen LogP contribution in [0.5, 0.6) is 0 Å². The Bertz CT molecular complexity index is 1650. The van der Waals surface area contributed by atoms with Gasteiger partial charge in [0.15, 0.2) is 0 Å². The van der Waals surface area contributed by atoms with E-state index in [2.05, 4.69) is 10.6 Å². The molecule has 4 aromatic carbocycles. The third-order valence-electron chi connectivity index (χ3n) is 5.56. The van der Waals surface area contributed by atoms with Crippen LogP contribution in [0.1, 0.15) is 20.8 Å². The Hall–Kier alpha value is -3.79. The van der Waals surface area contributed by atoms with Crippen LogP contribution in [0, 0.1) is 0 Å². The molecular formula is C29H27Cl2N3O5S. The van der Waals surface area contributed by atoms with Gasteiger partial charge in [0.05, 0.1) is 16.3 Å². The van der Waals surface area contributed by atoms with Gasteiger partial charge >= 0.3 is 12.0 Å². The Morgan fingerprint density at radius 3 is 2.10 bits per heavy atom. The van der Waals surface area contributed by atoms with Gasteiger partial charge in [0, 0.05) is 26.5 Å². The number of fused-ring (bicyclic) bond motifs is 1. The highest BCUT2D eigenvalue weighted by Crippen LogP contribution is 2.35. The molecule has 2 amide bonds. The van der Waals surface area contributed by atoms with E-state index in [1.165, 1.54) is 18.2 Å². The fourth-order valence-electron chi connectivity index (χ4n) is 4.02. The van der Waals surface area contributed by atoms with Gasteiger partial charge in [-0.3, -0.25) is 9.10 Å². The molecule has 0 fully saturated rings. The Kier molecular flexibility index (Phi) is 8.58. The number of anilines is 3. The second kappa shape index (κ2) is 11.8. The Labute approximate surface area is 242 Å². The average Bonchev–Trinajstić information content (AvgIpc) is 2.86. The van der Waals surface area contributed by atoms with Crippen LogP contribution < -0.4 is 14.9 Å². The van der Waals surface area contributed by atoms with Crippen molar-refractivity contribution in [2.24, 2.45) is 0 Å².